The number of aromatic hydroxyl groups is 1. The Morgan fingerprint density at radius 2 is 1.58 bits per heavy atom. The topological polar surface area (TPSA) is 20.2 Å². The first kappa shape index (κ1) is 9.64. The van der Waals surface area contributed by atoms with E-state index in [1.54, 1.807) is 12.1 Å². The van der Waals surface area contributed by atoms with E-state index >= 15 is 0 Å². The highest BCUT2D eigenvalue weighted by atomic mass is 27.2. The van der Waals surface area contributed by atoms with Gasteiger partial charge in [-0.05, 0) is 12.1 Å². The first-order valence-corrected chi connectivity index (χ1v) is 6.77. The summed E-state index contributed by atoms with van der Waals surface area (Å²) >= 11 is -0.682. The molecule has 0 saturated heterocycles. The van der Waals surface area contributed by atoms with E-state index in [2.05, 4.69) is 26.0 Å². The molecule has 0 aliphatic heterocycles. The molecule has 1 N–H and O–H groups in total. The van der Waals surface area contributed by atoms with E-state index in [1.165, 1.54) is 15.0 Å². The quantitative estimate of drug-likeness (QED) is 0.703. The molecule has 0 spiro atoms. The lowest BCUT2D eigenvalue weighted by Crippen LogP contribution is -2.27. The molecule has 1 aromatic rings. The Balaban J connectivity index is 2.80. The monoisotopic (exact) mass is 178 g/mol. The predicted octanol–water partition coefficient (Wildman–Crippen LogP) is 2.13. The summed E-state index contributed by atoms with van der Waals surface area (Å²) in [5, 5.41) is 11.7. The smallest absolute Gasteiger partial charge is 0.305 e. The normalized spacial score (nSPS) is 9.83. The van der Waals surface area contributed by atoms with E-state index in [0.29, 0.717) is 5.75 Å². The first-order valence-electron chi connectivity index (χ1n) is 4.56. The second-order valence-electron chi connectivity index (χ2n) is 3.10. The van der Waals surface area contributed by atoms with Crippen molar-refractivity contribution in [1.82, 2.24) is 0 Å². The lowest BCUT2D eigenvalue weighted by atomic mass is 10.3. The zero-order chi connectivity index (χ0) is 8.97. The Bertz CT molecular complexity index is 226. The van der Waals surface area contributed by atoms with E-state index in [4.69, 9.17) is 5.11 Å². The van der Waals surface area contributed by atoms with Crippen LogP contribution in [0.2, 0.25) is 10.6 Å². The molecule has 0 unspecified atom stereocenters. The third-order valence-electron chi connectivity index (χ3n) is 2.35. The lowest BCUT2D eigenvalue weighted by Gasteiger charge is -2.06. The minimum absolute atomic E-state index is 0.374. The lowest BCUT2D eigenvalue weighted by molar-refractivity contribution is 0.475. The fourth-order valence-electron chi connectivity index (χ4n) is 1.51. The molecule has 0 aromatic heterocycles. The predicted molar refractivity (Wildman–Crippen MR) is 54.5 cm³/mol. The highest BCUT2D eigenvalue weighted by Crippen LogP contribution is 2.06. The molecule has 12 heavy (non-hydrogen) atoms. The Kier molecular flexibility index (Phi) is 3.65. The first-order chi connectivity index (χ1) is 5.77. The molecule has 1 aromatic carbocycles. The van der Waals surface area contributed by atoms with Crippen molar-refractivity contribution >= 4 is 18.6 Å². The minimum atomic E-state index is -0.682. The maximum atomic E-state index is 9.10. The molecule has 0 aliphatic rings. The van der Waals surface area contributed by atoms with Crippen LogP contribution in [-0.2, 0) is 0 Å². The summed E-state index contributed by atoms with van der Waals surface area (Å²) in [7, 11) is 0. The fraction of sp³-hybridized carbons (Fsp3) is 0.400. The Hall–Kier alpha value is -0.448. The summed E-state index contributed by atoms with van der Waals surface area (Å²) in [6.45, 7) is 4.51. The van der Waals surface area contributed by atoms with Crippen LogP contribution in [0.25, 0.3) is 0 Å². The van der Waals surface area contributed by atoms with Gasteiger partial charge in [0.1, 0.15) is 5.75 Å². The van der Waals surface area contributed by atoms with Gasteiger partial charge in [-0.15, -0.1) is 4.43 Å². The second-order valence-corrected chi connectivity index (χ2v) is 6.80. The molecule has 0 atom stereocenters. The van der Waals surface area contributed by atoms with Crippen molar-refractivity contribution in [2.45, 2.75) is 24.4 Å². The van der Waals surface area contributed by atoms with Gasteiger partial charge in [0.05, 0.1) is 0 Å². The Morgan fingerprint density at radius 1 is 1.08 bits per heavy atom. The fourth-order valence-corrected chi connectivity index (χ4v) is 3.76. The number of benzene rings is 1. The average Bonchev–Trinajstić information content (AvgIpc) is 2.10. The molecule has 0 aliphatic carbocycles. The molecule has 1 rings (SSSR count). The van der Waals surface area contributed by atoms with Gasteiger partial charge in [-0.25, -0.2) is 0 Å². The van der Waals surface area contributed by atoms with Crippen molar-refractivity contribution in [3.05, 3.63) is 24.3 Å². The number of phenolic OH excluding ortho intramolecular Hbond substituents is 1. The Labute approximate surface area is 78.4 Å². The molecule has 0 amide bonds. The van der Waals surface area contributed by atoms with Gasteiger partial charge in [0.15, 0.2) is 0 Å². The van der Waals surface area contributed by atoms with Crippen LogP contribution >= 0.6 is 0 Å². The third-order valence-corrected chi connectivity index (χ3v) is 5.65. The maximum Gasteiger partial charge on any atom is 0.305 e. The van der Waals surface area contributed by atoms with Crippen LogP contribution in [0.4, 0.5) is 0 Å². The molecule has 0 heterocycles. The average molecular weight is 178 g/mol. The molecule has 0 fully saturated rings. The summed E-state index contributed by atoms with van der Waals surface area (Å²) in [6.07, 6.45) is 0. The summed E-state index contributed by atoms with van der Waals surface area (Å²) < 4.78 is 1.47. The van der Waals surface area contributed by atoms with Crippen molar-refractivity contribution in [1.29, 1.82) is 0 Å². The van der Waals surface area contributed by atoms with Crippen LogP contribution < -0.4 is 4.43 Å². The maximum absolute atomic E-state index is 9.10. The number of rotatable bonds is 3. The molecule has 1 nitrogen and oxygen atoms in total. The Morgan fingerprint density at radius 3 is 2.00 bits per heavy atom. The van der Waals surface area contributed by atoms with Crippen LogP contribution in [0.5, 0.6) is 5.75 Å². The summed E-state index contributed by atoms with van der Waals surface area (Å²) in [5.41, 5.74) is 0. The van der Waals surface area contributed by atoms with E-state index in [1.807, 2.05) is 0 Å². The van der Waals surface area contributed by atoms with Crippen LogP contribution in [-0.4, -0.2) is 19.3 Å². The van der Waals surface area contributed by atoms with E-state index in [0.717, 1.165) is 0 Å². The van der Waals surface area contributed by atoms with Crippen molar-refractivity contribution in [2.75, 3.05) is 0 Å². The van der Waals surface area contributed by atoms with Crippen molar-refractivity contribution < 1.29 is 5.11 Å². The zero-order valence-corrected chi connectivity index (χ0v) is 8.90. The molecule has 64 valence electrons. The van der Waals surface area contributed by atoms with Gasteiger partial charge in [-0.1, -0.05) is 36.5 Å². The highest BCUT2D eigenvalue weighted by Gasteiger charge is 2.13. The molecule has 0 radical (unpaired) electrons. The minimum Gasteiger partial charge on any atom is -0.508 e. The van der Waals surface area contributed by atoms with E-state index in [-0.39, 0.29) is 0 Å². The molecular formula is C10H15AlO. The molecule has 2 heteroatoms. The highest BCUT2D eigenvalue weighted by molar-refractivity contribution is 6.73. The van der Waals surface area contributed by atoms with Gasteiger partial charge >= 0.3 is 14.1 Å². The SMILES string of the molecule is C[CH2][Al]([CH2]C)[c]1ccc(O)cc1. The van der Waals surface area contributed by atoms with E-state index in [9.17, 15) is 0 Å². The molecule has 0 bridgehead atoms. The third kappa shape index (κ3) is 2.27. The zero-order valence-electron chi connectivity index (χ0n) is 7.75. The van der Waals surface area contributed by atoms with Crippen molar-refractivity contribution in [2.24, 2.45) is 0 Å². The van der Waals surface area contributed by atoms with Gasteiger partial charge in [0.2, 0.25) is 0 Å². The van der Waals surface area contributed by atoms with Gasteiger partial charge in [-0.2, -0.15) is 0 Å². The molecular weight excluding hydrogens is 163 g/mol. The standard InChI is InChI=1S/C6H5O.2C2H5.Al/c7-6-4-2-1-3-5-6;2*1-2;/h2-5,7H;2*1H2,2H3;. The van der Waals surface area contributed by atoms with Gasteiger partial charge < -0.3 is 5.11 Å². The van der Waals surface area contributed by atoms with Gasteiger partial charge in [0.25, 0.3) is 0 Å². The summed E-state index contributed by atoms with van der Waals surface area (Å²) in [4.78, 5) is 0. The van der Waals surface area contributed by atoms with Crippen molar-refractivity contribution in [3.8, 4) is 5.75 Å². The van der Waals surface area contributed by atoms with Crippen LogP contribution in [0.1, 0.15) is 13.8 Å². The van der Waals surface area contributed by atoms with Gasteiger partial charge in [0, 0.05) is 0 Å². The van der Waals surface area contributed by atoms with E-state index < -0.39 is 14.1 Å². The van der Waals surface area contributed by atoms with Crippen LogP contribution in [0, 0.1) is 0 Å². The largest absolute Gasteiger partial charge is 0.508 e. The summed E-state index contributed by atoms with van der Waals surface area (Å²) in [6, 6.07) is 7.72. The molecule has 0 saturated carbocycles. The van der Waals surface area contributed by atoms with Crippen molar-refractivity contribution in [3.63, 3.8) is 0 Å². The van der Waals surface area contributed by atoms with Crippen LogP contribution in [0.15, 0.2) is 24.3 Å². The van der Waals surface area contributed by atoms with Crippen LogP contribution in [0.3, 0.4) is 0 Å². The second kappa shape index (κ2) is 4.55. The summed E-state index contributed by atoms with van der Waals surface area (Å²) in [5.74, 6) is 0.374. The number of hydrogen-bond donors (Lipinski definition) is 1. The number of hydrogen-bond acceptors (Lipinski definition) is 1. The number of phenols is 1. The van der Waals surface area contributed by atoms with Gasteiger partial charge in [-0.3, -0.25) is 0 Å².